The van der Waals surface area contributed by atoms with Crippen LogP contribution >= 0.6 is 0 Å². The van der Waals surface area contributed by atoms with E-state index >= 15 is 0 Å². The molecule has 1 N–H and O–H groups in total. The molecular formula is C13H29NO2. The Morgan fingerprint density at radius 1 is 0.938 bits per heavy atom. The van der Waals surface area contributed by atoms with E-state index in [1.807, 2.05) is 0 Å². The first-order valence-corrected chi connectivity index (χ1v) is 6.54. The lowest BCUT2D eigenvalue weighted by Gasteiger charge is -2.06. The van der Waals surface area contributed by atoms with Crippen LogP contribution in [-0.2, 0) is 9.47 Å². The van der Waals surface area contributed by atoms with Gasteiger partial charge in [0.05, 0.1) is 6.61 Å². The Morgan fingerprint density at radius 3 is 2.38 bits per heavy atom. The van der Waals surface area contributed by atoms with Crippen molar-refractivity contribution in [1.82, 2.24) is 5.32 Å². The van der Waals surface area contributed by atoms with Gasteiger partial charge in [-0.25, -0.2) is 0 Å². The normalized spacial score (nSPS) is 11.2. The molecule has 16 heavy (non-hydrogen) atoms. The Bertz CT molecular complexity index is 129. The fourth-order valence-electron chi connectivity index (χ4n) is 1.45. The van der Waals surface area contributed by atoms with Gasteiger partial charge in [-0.15, -0.1) is 0 Å². The van der Waals surface area contributed by atoms with Crippen molar-refractivity contribution in [2.24, 2.45) is 5.92 Å². The predicted octanol–water partition coefficient (Wildman–Crippen LogP) is 2.46. The van der Waals surface area contributed by atoms with Crippen molar-refractivity contribution in [2.75, 3.05) is 40.0 Å². The molecule has 0 radical (unpaired) electrons. The highest BCUT2D eigenvalue weighted by Crippen LogP contribution is 2.03. The molecule has 0 saturated heterocycles. The van der Waals surface area contributed by atoms with Crippen molar-refractivity contribution < 1.29 is 9.47 Å². The molecule has 0 spiro atoms. The van der Waals surface area contributed by atoms with Gasteiger partial charge in [-0.05, 0) is 38.1 Å². The topological polar surface area (TPSA) is 30.5 Å². The Hall–Kier alpha value is -0.120. The van der Waals surface area contributed by atoms with Gasteiger partial charge >= 0.3 is 0 Å². The van der Waals surface area contributed by atoms with Gasteiger partial charge in [0, 0.05) is 26.9 Å². The quantitative estimate of drug-likeness (QED) is 0.523. The van der Waals surface area contributed by atoms with Crippen molar-refractivity contribution >= 4 is 0 Å². The third-order valence-electron chi connectivity index (χ3n) is 2.45. The molecule has 0 rings (SSSR count). The summed E-state index contributed by atoms with van der Waals surface area (Å²) in [6.45, 7) is 9.16. The number of nitrogens with one attached hydrogen (secondary N) is 1. The Kier molecular flexibility index (Phi) is 12.9. The fourth-order valence-corrected chi connectivity index (χ4v) is 1.45. The third kappa shape index (κ3) is 13.9. The number of methoxy groups -OCH3 is 1. The van der Waals surface area contributed by atoms with Crippen molar-refractivity contribution in [2.45, 2.75) is 39.5 Å². The van der Waals surface area contributed by atoms with Gasteiger partial charge in [-0.3, -0.25) is 0 Å². The SMILES string of the molecule is COCCNCCCCOCCCC(C)C. The standard InChI is InChI=1S/C13H29NO2/c1-13(2)7-6-11-16-10-5-4-8-14-9-12-15-3/h13-14H,4-12H2,1-3H3. The molecular weight excluding hydrogens is 202 g/mol. The molecule has 3 heteroatoms. The van der Waals surface area contributed by atoms with Crippen LogP contribution in [0.1, 0.15) is 39.5 Å². The summed E-state index contributed by atoms with van der Waals surface area (Å²) in [6, 6.07) is 0. The summed E-state index contributed by atoms with van der Waals surface area (Å²) >= 11 is 0. The van der Waals surface area contributed by atoms with Crippen LogP contribution in [-0.4, -0.2) is 40.0 Å². The van der Waals surface area contributed by atoms with E-state index in [-0.39, 0.29) is 0 Å². The summed E-state index contributed by atoms with van der Waals surface area (Å²) in [5, 5.41) is 3.32. The van der Waals surface area contributed by atoms with Crippen molar-refractivity contribution in [3.63, 3.8) is 0 Å². The minimum Gasteiger partial charge on any atom is -0.383 e. The number of hydrogen-bond donors (Lipinski definition) is 1. The van der Waals surface area contributed by atoms with E-state index in [1.54, 1.807) is 7.11 Å². The average molecular weight is 231 g/mol. The molecule has 0 aromatic heterocycles. The van der Waals surface area contributed by atoms with Crippen LogP contribution in [0.4, 0.5) is 0 Å². The number of ether oxygens (including phenoxy) is 2. The first-order valence-electron chi connectivity index (χ1n) is 6.54. The highest BCUT2D eigenvalue weighted by Gasteiger charge is 1.94. The summed E-state index contributed by atoms with van der Waals surface area (Å²) in [6.07, 6.45) is 4.82. The van der Waals surface area contributed by atoms with E-state index in [0.717, 1.165) is 45.2 Å². The van der Waals surface area contributed by atoms with Crippen LogP contribution in [0.5, 0.6) is 0 Å². The van der Waals surface area contributed by atoms with Crippen LogP contribution < -0.4 is 5.32 Å². The largest absolute Gasteiger partial charge is 0.383 e. The Morgan fingerprint density at radius 2 is 1.69 bits per heavy atom. The zero-order valence-corrected chi connectivity index (χ0v) is 11.3. The van der Waals surface area contributed by atoms with Crippen LogP contribution in [0.15, 0.2) is 0 Å². The second-order valence-electron chi connectivity index (χ2n) is 4.60. The van der Waals surface area contributed by atoms with E-state index in [0.29, 0.717) is 0 Å². The maximum atomic E-state index is 5.56. The van der Waals surface area contributed by atoms with Crippen LogP contribution in [0, 0.1) is 5.92 Å². The molecule has 98 valence electrons. The van der Waals surface area contributed by atoms with E-state index in [2.05, 4.69) is 19.2 Å². The van der Waals surface area contributed by atoms with Gasteiger partial charge in [0.15, 0.2) is 0 Å². The molecule has 0 aliphatic carbocycles. The minimum atomic E-state index is 0.797. The highest BCUT2D eigenvalue weighted by molar-refractivity contribution is 4.48. The minimum absolute atomic E-state index is 0.797. The molecule has 0 aliphatic rings. The maximum Gasteiger partial charge on any atom is 0.0587 e. The van der Waals surface area contributed by atoms with Gasteiger partial charge in [0.1, 0.15) is 0 Å². The number of hydrogen-bond acceptors (Lipinski definition) is 3. The molecule has 0 saturated carbocycles. The van der Waals surface area contributed by atoms with Crippen molar-refractivity contribution in [3.05, 3.63) is 0 Å². The van der Waals surface area contributed by atoms with Crippen LogP contribution in [0.3, 0.4) is 0 Å². The first kappa shape index (κ1) is 15.9. The highest BCUT2D eigenvalue weighted by atomic mass is 16.5. The van der Waals surface area contributed by atoms with Crippen LogP contribution in [0.2, 0.25) is 0 Å². The zero-order chi connectivity index (χ0) is 12.1. The molecule has 0 heterocycles. The zero-order valence-electron chi connectivity index (χ0n) is 11.3. The summed E-state index contributed by atoms with van der Waals surface area (Å²) in [7, 11) is 1.73. The van der Waals surface area contributed by atoms with Crippen molar-refractivity contribution in [3.8, 4) is 0 Å². The molecule has 0 unspecified atom stereocenters. The van der Waals surface area contributed by atoms with E-state index < -0.39 is 0 Å². The lowest BCUT2D eigenvalue weighted by Crippen LogP contribution is -2.20. The summed E-state index contributed by atoms with van der Waals surface area (Å²) < 4.78 is 10.5. The Balaban J connectivity index is 2.88. The summed E-state index contributed by atoms with van der Waals surface area (Å²) in [5.74, 6) is 0.800. The molecule has 0 aliphatic heterocycles. The van der Waals surface area contributed by atoms with E-state index in [4.69, 9.17) is 9.47 Å². The van der Waals surface area contributed by atoms with Gasteiger partial charge in [-0.1, -0.05) is 13.8 Å². The maximum absolute atomic E-state index is 5.56. The first-order chi connectivity index (χ1) is 7.77. The van der Waals surface area contributed by atoms with E-state index in [1.165, 1.54) is 19.3 Å². The molecule has 0 aromatic carbocycles. The van der Waals surface area contributed by atoms with Crippen LogP contribution in [0.25, 0.3) is 0 Å². The predicted molar refractivity (Wildman–Crippen MR) is 68.9 cm³/mol. The lowest BCUT2D eigenvalue weighted by molar-refractivity contribution is 0.124. The van der Waals surface area contributed by atoms with Gasteiger partial charge in [0.25, 0.3) is 0 Å². The lowest BCUT2D eigenvalue weighted by atomic mass is 10.1. The number of unbranched alkanes of at least 4 members (excludes halogenated alkanes) is 1. The summed E-state index contributed by atoms with van der Waals surface area (Å²) in [5.41, 5.74) is 0. The Labute approximate surface area is 101 Å². The monoisotopic (exact) mass is 231 g/mol. The van der Waals surface area contributed by atoms with Gasteiger partial charge in [-0.2, -0.15) is 0 Å². The smallest absolute Gasteiger partial charge is 0.0587 e. The molecule has 0 bridgehead atoms. The average Bonchev–Trinajstić information content (AvgIpc) is 2.25. The third-order valence-corrected chi connectivity index (χ3v) is 2.45. The fraction of sp³-hybridized carbons (Fsp3) is 1.00. The van der Waals surface area contributed by atoms with Crippen molar-refractivity contribution in [1.29, 1.82) is 0 Å². The second kappa shape index (κ2) is 12.9. The molecule has 0 aromatic rings. The molecule has 0 atom stereocenters. The molecule has 3 nitrogen and oxygen atoms in total. The summed E-state index contributed by atoms with van der Waals surface area (Å²) in [4.78, 5) is 0. The van der Waals surface area contributed by atoms with Gasteiger partial charge in [0.2, 0.25) is 0 Å². The van der Waals surface area contributed by atoms with E-state index in [9.17, 15) is 0 Å². The number of rotatable bonds is 12. The molecule has 0 fully saturated rings. The molecule has 0 amide bonds. The second-order valence-corrected chi connectivity index (χ2v) is 4.60. The van der Waals surface area contributed by atoms with Gasteiger partial charge < -0.3 is 14.8 Å².